The van der Waals surface area contributed by atoms with Crippen LogP contribution in [0.25, 0.3) is 0 Å². The number of amides is 1. The zero-order valence-corrected chi connectivity index (χ0v) is 17.2. The van der Waals surface area contributed by atoms with Gasteiger partial charge in [0.15, 0.2) is 0 Å². The number of benzene rings is 1. The van der Waals surface area contributed by atoms with Crippen LogP contribution in [-0.4, -0.2) is 30.4 Å². The summed E-state index contributed by atoms with van der Waals surface area (Å²) in [6.45, 7) is 8.03. The number of hydrogen-bond acceptors (Lipinski definition) is 4. The highest BCUT2D eigenvalue weighted by Crippen LogP contribution is 2.36. The molecule has 0 spiro atoms. The predicted octanol–water partition coefficient (Wildman–Crippen LogP) is 4.76. The first-order valence-corrected chi connectivity index (χ1v) is 10.4. The van der Waals surface area contributed by atoms with E-state index in [1.54, 1.807) is 4.90 Å². The minimum absolute atomic E-state index is 0.0825. The Labute approximate surface area is 166 Å². The van der Waals surface area contributed by atoms with Crippen LogP contribution in [0, 0.1) is 32.1 Å². The summed E-state index contributed by atoms with van der Waals surface area (Å²) in [5, 5.41) is 9.05. The van der Waals surface area contributed by atoms with Crippen molar-refractivity contribution in [1.29, 1.82) is 5.26 Å². The number of anilines is 1. The lowest BCUT2D eigenvalue weighted by Gasteiger charge is -2.29. The Morgan fingerprint density at radius 2 is 2.11 bits per heavy atom. The minimum atomic E-state index is 0.0825. The lowest BCUT2D eigenvalue weighted by molar-refractivity contribution is -0.120. The van der Waals surface area contributed by atoms with Crippen LogP contribution in [0.15, 0.2) is 30.3 Å². The average Bonchev–Trinajstić information content (AvgIpc) is 3.27. The van der Waals surface area contributed by atoms with E-state index in [0.717, 1.165) is 36.2 Å². The summed E-state index contributed by atoms with van der Waals surface area (Å²) in [5.74, 6) is 0.0825. The summed E-state index contributed by atoms with van der Waals surface area (Å²) < 4.78 is 0. The number of hydrogen-bond donors (Lipinski definition) is 0. The molecule has 1 aromatic carbocycles. The Kier molecular flexibility index (Phi) is 6.30. The molecular formula is C22H27N3OS. The summed E-state index contributed by atoms with van der Waals surface area (Å²) in [7, 11) is 0. The highest BCUT2D eigenvalue weighted by molar-refractivity contribution is 7.12. The molecule has 0 saturated carbocycles. The maximum atomic E-state index is 13.2. The van der Waals surface area contributed by atoms with Crippen molar-refractivity contribution < 1.29 is 4.79 Å². The van der Waals surface area contributed by atoms with Crippen molar-refractivity contribution in [3.63, 3.8) is 0 Å². The van der Waals surface area contributed by atoms with Gasteiger partial charge in [0.05, 0.1) is 19.0 Å². The van der Waals surface area contributed by atoms with Crippen LogP contribution in [0.5, 0.6) is 0 Å². The van der Waals surface area contributed by atoms with Crippen LogP contribution >= 0.6 is 11.3 Å². The first-order chi connectivity index (χ1) is 13.0. The van der Waals surface area contributed by atoms with Gasteiger partial charge >= 0.3 is 0 Å². The third kappa shape index (κ3) is 4.40. The fourth-order valence-corrected chi connectivity index (χ4v) is 4.85. The molecule has 1 saturated heterocycles. The molecule has 1 aliphatic heterocycles. The van der Waals surface area contributed by atoms with Gasteiger partial charge in [-0.3, -0.25) is 9.69 Å². The molecular weight excluding hydrogens is 354 g/mol. The van der Waals surface area contributed by atoms with Gasteiger partial charge in [-0.15, -0.1) is 11.3 Å². The van der Waals surface area contributed by atoms with Gasteiger partial charge < -0.3 is 4.90 Å². The zero-order chi connectivity index (χ0) is 19.4. The lowest BCUT2D eigenvalue weighted by Crippen LogP contribution is -2.41. The van der Waals surface area contributed by atoms with E-state index >= 15 is 0 Å². The van der Waals surface area contributed by atoms with Crippen molar-refractivity contribution in [2.24, 2.45) is 0 Å². The van der Waals surface area contributed by atoms with E-state index in [0.29, 0.717) is 25.6 Å². The van der Waals surface area contributed by atoms with Crippen LogP contribution < -0.4 is 4.90 Å². The van der Waals surface area contributed by atoms with Gasteiger partial charge in [-0.1, -0.05) is 12.1 Å². The Balaban J connectivity index is 1.80. The molecule has 1 unspecified atom stereocenters. The third-order valence-electron chi connectivity index (χ3n) is 5.41. The number of thiophene rings is 1. The minimum Gasteiger partial charge on any atom is -0.310 e. The van der Waals surface area contributed by atoms with Crippen molar-refractivity contribution in [1.82, 2.24) is 4.90 Å². The summed E-state index contributed by atoms with van der Waals surface area (Å²) in [5.41, 5.74) is 3.20. The lowest BCUT2D eigenvalue weighted by atomic mass is 10.1. The standard InChI is InChI=1S/C22H27N3OS/c1-16-7-4-8-19(18(16)3)25(14-6-12-23)22(26)15-24-13-5-9-20(24)21-11-10-17(2)27-21/h4,7-8,10-11,20H,5-6,9,13-15H2,1-3H3. The molecule has 0 radical (unpaired) electrons. The quantitative estimate of drug-likeness (QED) is 0.725. The second kappa shape index (κ2) is 8.69. The van der Waals surface area contributed by atoms with Crippen molar-refractivity contribution >= 4 is 22.9 Å². The average molecular weight is 382 g/mol. The van der Waals surface area contributed by atoms with Gasteiger partial charge in [0.1, 0.15) is 0 Å². The second-order valence-electron chi connectivity index (χ2n) is 7.25. The zero-order valence-electron chi connectivity index (χ0n) is 16.4. The van der Waals surface area contributed by atoms with E-state index in [-0.39, 0.29) is 5.91 Å². The normalized spacial score (nSPS) is 17.0. The number of carbonyl (C=O) groups excluding carboxylic acids is 1. The smallest absolute Gasteiger partial charge is 0.241 e. The van der Waals surface area contributed by atoms with Gasteiger partial charge in [-0.2, -0.15) is 5.26 Å². The van der Waals surface area contributed by atoms with Crippen LogP contribution in [0.4, 0.5) is 5.69 Å². The molecule has 0 N–H and O–H groups in total. The van der Waals surface area contributed by atoms with Gasteiger partial charge in [0, 0.05) is 28.0 Å². The van der Waals surface area contributed by atoms with Crippen molar-refractivity contribution in [2.75, 3.05) is 24.5 Å². The summed E-state index contributed by atoms with van der Waals surface area (Å²) >= 11 is 1.83. The fraction of sp³-hybridized carbons (Fsp3) is 0.455. The topological polar surface area (TPSA) is 47.3 Å². The van der Waals surface area contributed by atoms with Crippen LogP contribution in [-0.2, 0) is 4.79 Å². The van der Waals surface area contributed by atoms with Crippen LogP contribution in [0.3, 0.4) is 0 Å². The Morgan fingerprint density at radius 1 is 1.30 bits per heavy atom. The fourth-order valence-electron chi connectivity index (χ4n) is 3.80. The molecule has 4 nitrogen and oxygen atoms in total. The van der Waals surface area contributed by atoms with E-state index < -0.39 is 0 Å². The van der Waals surface area contributed by atoms with E-state index in [1.165, 1.54) is 9.75 Å². The molecule has 2 aromatic rings. The highest BCUT2D eigenvalue weighted by Gasteiger charge is 2.30. The van der Waals surface area contributed by atoms with E-state index in [1.807, 2.05) is 30.4 Å². The molecule has 5 heteroatoms. The van der Waals surface area contributed by atoms with Gasteiger partial charge in [-0.25, -0.2) is 0 Å². The summed E-state index contributed by atoms with van der Waals surface area (Å²) in [4.78, 5) is 20.0. The van der Waals surface area contributed by atoms with E-state index in [9.17, 15) is 4.79 Å². The van der Waals surface area contributed by atoms with Crippen molar-refractivity contribution in [3.8, 4) is 6.07 Å². The number of aryl methyl sites for hydroxylation is 2. The van der Waals surface area contributed by atoms with E-state index in [4.69, 9.17) is 5.26 Å². The molecule has 1 atom stereocenters. The number of rotatable bonds is 6. The van der Waals surface area contributed by atoms with Crippen LogP contribution in [0.1, 0.15) is 46.2 Å². The van der Waals surface area contributed by atoms with Gasteiger partial charge in [-0.05, 0) is 69.5 Å². The molecule has 2 heterocycles. The van der Waals surface area contributed by atoms with Gasteiger partial charge in [0.25, 0.3) is 0 Å². The van der Waals surface area contributed by atoms with Crippen LogP contribution in [0.2, 0.25) is 0 Å². The Hall–Kier alpha value is -2.16. The SMILES string of the molecule is Cc1ccc(C2CCCN2CC(=O)N(CCC#N)c2cccc(C)c2C)s1. The van der Waals surface area contributed by atoms with Gasteiger partial charge in [0.2, 0.25) is 5.91 Å². The molecule has 0 bridgehead atoms. The molecule has 142 valence electrons. The molecule has 3 rings (SSSR count). The molecule has 1 aliphatic rings. The van der Waals surface area contributed by atoms with E-state index in [2.05, 4.69) is 43.0 Å². The number of likely N-dealkylation sites (tertiary alicyclic amines) is 1. The monoisotopic (exact) mass is 381 g/mol. The van der Waals surface area contributed by atoms with Crippen molar-refractivity contribution in [2.45, 2.75) is 46.1 Å². The predicted molar refractivity (Wildman–Crippen MR) is 111 cm³/mol. The third-order valence-corrected chi connectivity index (χ3v) is 6.51. The summed E-state index contributed by atoms with van der Waals surface area (Å²) in [6.07, 6.45) is 2.57. The van der Waals surface area contributed by atoms with Crippen molar-refractivity contribution in [3.05, 3.63) is 51.2 Å². The number of nitrogens with zero attached hydrogens (tertiary/aromatic N) is 3. The molecule has 1 aromatic heterocycles. The first kappa shape index (κ1) is 19.6. The number of nitriles is 1. The molecule has 1 amide bonds. The second-order valence-corrected chi connectivity index (χ2v) is 8.57. The Morgan fingerprint density at radius 3 is 2.81 bits per heavy atom. The molecule has 1 fully saturated rings. The molecule has 0 aliphatic carbocycles. The molecule has 27 heavy (non-hydrogen) atoms. The maximum absolute atomic E-state index is 13.2. The highest BCUT2D eigenvalue weighted by atomic mass is 32.1. The largest absolute Gasteiger partial charge is 0.310 e. The first-order valence-electron chi connectivity index (χ1n) is 9.55. The number of carbonyl (C=O) groups is 1. The summed E-state index contributed by atoms with van der Waals surface area (Å²) in [6, 6.07) is 12.9. The Bertz CT molecular complexity index is 851. The maximum Gasteiger partial charge on any atom is 0.241 e.